The molecule has 11 heteroatoms. The molecule has 1 aliphatic heterocycles. The van der Waals surface area contributed by atoms with Gasteiger partial charge in [0.05, 0.1) is 41.0 Å². The van der Waals surface area contributed by atoms with Crippen LogP contribution < -0.4 is 15.0 Å². The van der Waals surface area contributed by atoms with Crippen molar-refractivity contribution in [1.29, 1.82) is 0 Å². The zero-order valence-electron chi connectivity index (χ0n) is 20.9. The molecule has 3 aromatic rings. The third kappa shape index (κ3) is 6.32. The minimum absolute atomic E-state index is 0.0346. The van der Waals surface area contributed by atoms with Crippen molar-refractivity contribution in [2.45, 2.75) is 26.2 Å². The SMILES string of the molecule is CC[C@@H](C)c1nc2ccc(Br)cc2c(=O)n1N=Cc1cc(I)c(OCC(=O)N2CCOCC2)c(OC)c1. The molecule has 196 valence electrons. The Balaban J connectivity index is 1.63. The molecule has 2 heterocycles. The van der Waals surface area contributed by atoms with Gasteiger partial charge in [0, 0.05) is 23.5 Å². The van der Waals surface area contributed by atoms with Gasteiger partial charge in [-0.15, -0.1) is 0 Å². The number of hydrogen-bond donors (Lipinski definition) is 0. The lowest BCUT2D eigenvalue weighted by molar-refractivity contribution is -0.137. The van der Waals surface area contributed by atoms with Gasteiger partial charge in [0.25, 0.3) is 11.5 Å². The zero-order chi connectivity index (χ0) is 26.5. The van der Waals surface area contributed by atoms with Crippen LogP contribution in [0.5, 0.6) is 11.5 Å². The summed E-state index contributed by atoms with van der Waals surface area (Å²) in [4.78, 5) is 32.3. The van der Waals surface area contributed by atoms with E-state index in [9.17, 15) is 9.59 Å². The van der Waals surface area contributed by atoms with Crippen molar-refractivity contribution in [2.24, 2.45) is 5.10 Å². The van der Waals surface area contributed by atoms with Crippen LogP contribution in [-0.2, 0) is 9.53 Å². The standard InChI is InChI=1S/C26H28BrIN4O5/c1-4-16(2)25-30-21-6-5-18(27)13-19(21)26(34)32(25)29-14-17-11-20(28)24(22(12-17)35-3)37-15-23(33)31-7-9-36-10-8-31/h5-6,11-14,16H,4,7-10,15H2,1-3H3/t16-/m1/s1. The van der Waals surface area contributed by atoms with E-state index in [1.165, 1.54) is 4.68 Å². The third-order valence-electron chi connectivity index (χ3n) is 6.16. The monoisotopic (exact) mass is 682 g/mol. The first-order valence-corrected chi connectivity index (χ1v) is 13.8. The molecule has 1 saturated heterocycles. The number of carbonyl (C=O) groups excluding carboxylic acids is 1. The molecule has 0 N–H and O–H groups in total. The fourth-order valence-corrected chi connectivity index (χ4v) is 5.04. The molecule has 9 nitrogen and oxygen atoms in total. The number of aromatic nitrogens is 2. The molecular formula is C26H28BrIN4O5. The number of fused-ring (bicyclic) bond motifs is 1. The van der Waals surface area contributed by atoms with Crippen LogP contribution >= 0.6 is 38.5 Å². The van der Waals surface area contributed by atoms with Crippen LogP contribution in [0, 0.1) is 3.57 Å². The topological polar surface area (TPSA) is 95.3 Å². The van der Waals surface area contributed by atoms with Gasteiger partial charge in [-0.25, -0.2) is 4.98 Å². The Hall–Kier alpha value is -2.51. The first kappa shape index (κ1) is 27.5. The van der Waals surface area contributed by atoms with Crippen LogP contribution in [0.4, 0.5) is 0 Å². The second kappa shape index (κ2) is 12.4. The number of rotatable bonds is 8. The molecular weight excluding hydrogens is 655 g/mol. The number of hydrogen-bond acceptors (Lipinski definition) is 7. The van der Waals surface area contributed by atoms with Crippen LogP contribution in [0.15, 0.2) is 44.7 Å². The molecule has 1 atom stereocenters. The number of amides is 1. The Bertz CT molecular complexity index is 1390. The van der Waals surface area contributed by atoms with E-state index in [1.807, 2.05) is 32.0 Å². The van der Waals surface area contributed by atoms with Crippen molar-refractivity contribution in [3.63, 3.8) is 0 Å². The summed E-state index contributed by atoms with van der Waals surface area (Å²) in [6.45, 7) is 6.17. The second-order valence-electron chi connectivity index (χ2n) is 8.62. The van der Waals surface area contributed by atoms with Crippen LogP contribution in [0.25, 0.3) is 10.9 Å². The second-order valence-corrected chi connectivity index (χ2v) is 10.7. The first-order valence-electron chi connectivity index (χ1n) is 11.9. The Morgan fingerprint density at radius 2 is 2.05 bits per heavy atom. The van der Waals surface area contributed by atoms with Gasteiger partial charge in [0.2, 0.25) is 0 Å². The normalized spacial score (nSPS) is 14.8. The minimum Gasteiger partial charge on any atom is -0.493 e. The number of methoxy groups -OCH3 is 1. The highest BCUT2D eigenvalue weighted by Gasteiger charge is 2.20. The van der Waals surface area contributed by atoms with E-state index in [0.717, 1.165) is 14.5 Å². The molecule has 0 radical (unpaired) electrons. The van der Waals surface area contributed by atoms with Gasteiger partial charge >= 0.3 is 0 Å². The third-order valence-corrected chi connectivity index (χ3v) is 7.46. The van der Waals surface area contributed by atoms with Crippen molar-refractivity contribution in [3.05, 3.63) is 60.1 Å². The van der Waals surface area contributed by atoms with E-state index >= 15 is 0 Å². The first-order chi connectivity index (χ1) is 17.8. The van der Waals surface area contributed by atoms with Gasteiger partial charge in [-0.1, -0.05) is 29.8 Å². The van der Waals surface area contributed by atoms with Crippen LogP contribution in [0.3, 0.4) is 0 Å². The van der Waals surface area contributed by atoms with E-state index in [2.05, 4.69) is 43.6 Å². The van der Waals surface area contributed by atoms with E-state index in [0.29, 0.717) is 60.1 Å². The average Bonchev–Trinajstić information content (AvgIpc) is 2.91. The predicted molar refractivity (Wildman–Crippen MR) is 154 cm³/mol. The Morgan fingerprint density at radius 3 is 2.76 bits per heavy atom. The highest BCUT2D eigenvalue weighted by molar-refractivity contribution is 14.1. The molecule has 37 heavy (non-hydrogen) atoms. The predicted octanol–water partition coefficient (Wildman–Crippen LogP) is 4.41. The summed E-state index contributed by atoms with van der Waals surface area (Å²) in [7, 11) is 1.54. The molecule has 1 amide bonds. The lowest BCUT2D eigenvalue weighted by Gasteiger charge is -2.27. The van der Waals surface area contributed by atoms with E-state index in [4.69, 9.17) is 19.2 Å². The summed E-state index contributed by atoms with van der Waals surface area (Å²) in [6.07, 6.45) is 2.41. The average molecular weight is 683 g/mol. The fraction of sp³-hybridized carbons (Fsp3) is 0.385. The maximum absolute atomic E-state index is 13.4. The molecule has 4 rings (SSSR count). The smallest absolute Gasteiger partial charge is 0.282 e. The van der Waals surface area contributed by atoms with Crippen LogP contribution in [0.1, 0.15) is 37.6 Å². The Labute approximate surface area is 237 Å². The van der Waals surface area contributed by atoms with Gasteiger partial charge in [-0.3, -0.25) is 9.59 Å². The molecule has 0 bridgehead atoms. The molecule has 2 aromatic carbocycles. The van der Waals surface area contributed by atoms with E-state index in [-0.39, 0.29) is 24.0 Å². The summed E-state index contributed by atoms with van der Waals surface area (Å²) in [6, 6.07) is 9.08. The maximum Gasteiger partial charge on any atom is 0.282 e. The van der Waals surface area contributed by atoms with E-state index in [1.54, 1.807) is 30.4 Å². The van der Waals surface area contributed by atoms with Crippen LogP contribution in [0.2, 0.25) is 0 Å². The number of morpholine rings is 1. The van der Waals surface area contributed by atoms with Crippen molar-refractivity contribution in [3.8, 4) is 11.5 Å². The largest absolute Gasteiger partial charge is 0.493 e. The summed E-state index contributed by atoms with van der Waals surface area (Å²) in [5.74, 6) is 1.49. The van der Waals surface area contributed by atoms with Gasteiger partial charge in [-0.05, 0) is 64.9 Å². The van der Waals surface area contributed by atoms with Crippen molar-refractivity contribution >= 4 is 61.5 Å². The summed E-state index contributed by atoms with van der Waals surface area (Å²) < 4.78 is 19.6. The number of benzene rings is 2. The van der Waals surface area contributed by atoms with Crippen LogP contribution in [-0.4, -0.2) is 66.7 Å². The summed E-state index contributed by atoms with van der Waals surface area (Å²) >= 11 is 5.57. The van der Waals surface area contributed by atoms with Gasteiger partial charge in [-0.2, -0.15) is 9.78 Å². The number of ether oxygens (including phenoxy) is 3. The Morgan fingerprint density at radius 1 is 1.30 bits per heavy atom. The van der Waals surface area contributed by atoms with Crippen molar-refractivity contribution in [1.82, 2.24) is 14.6 Å². The van der Waals surface area contributed by atoms with E-state index < -0.39 is 0 Å². The Kier molecular flexibility index (Phi) is 9.19. The summed E-state index contributed by atoms with van der Waals surface area (Å²) in [5.41, 5.74) is 1.12. The van der Waals surface area contributed by atoms with Crippen molar-refractivity contribution < 1.29 is 19.0 Å². The van der Waals surface area contributed by atoms with Crippen molar-refractivity contribution in [2.75, 3.05) is 40.0 Å². The number of nitrogens with zero attached hydrogens (tertiary/aromatic N) is 4. The maximum atomic E-state index is 13.4. The van der Waals surface area contributed by atoms with Gasteiger partial charge in [0.15, 0.2) is 18.1 Å². The molecule has 1 aromatic heterocycles. The lowest BCUT2D eigenvalue weighted by atomic mass is 10.1. The number of halogens is 2. The molecule has 1 aliphatic rings. The molecule has 1 fully saturated rings. The van der Waals surface area contributed by atoms with Gasteiger partial charge in [0.1, 0.15) is 5.82 Å². The molecule has 0 aliphatic carbocycles. The van der Waals surface area contributed by atoms with Gasteiger partial charge < -0.3 is 19.1 Å². The molecule has 0 saturated carbocycles. The quantitative estimate of drug-likeness (QED) is 0.258. The lowest BCUT2D eigenvalue weighted by Crippen LogP contribution is -2.43. The zero-order valence-corrected chi connectivity index (χ0v) is 24.6. The number of carbonyl (C=O) groups is 1. The summed E-state index contributed by atoms with van der Waals surface area (Å²) in [5, 5.41) is 5.02. The molecule has 0 spiro atoms. The highest BCUT2D eigenvalue weighted by atomic mass is 127. The molecule has 0 unspecified atom stereocenters. The fourth-order valence-electron chi connectivity index (χ4n) is 3.90. The minimum atomic E-state index is -0.235. The highest BCUT2D eigenvalue weighted by Crippen LogP contribution is 2.33.